The maximum Gasteiger partial charge on any atom is 0.332 e. The zero-order valence-corrected chi connectivity index (χ0v) is 12.3. The summed E-state index contributed by atoms with van der Waals surface area (Å²) in [6, 6.07) is 20.7. The molecule has 5 nitrogen and oxygen atoms in total. The van der Waals surface area contributed by atoms with E-state index in [9.17, 15) is 4.79 Å². The summed E-state index contributed by atoms with van der Waals surface area (Å²) in [6.07, 6.45) is 1.50. The van der Waals surface area contributed by atoms with Crippen LogP contribution in [0.1, 0.15) is 5.56 Å². The van der Waals surface area contributed by atoms with Crippen LogP contribution in [0.25, 0.3) is 10.8 Å². The van der Waals surface area contributed by atoms with Gasteiger partial charge in [0, 0.05) is 0 Å². The SMILES string of the molecule is NC(=O)N/N=C\c1ccc(Oc2ccc3ccccc3c2)cc1. The number of carbonyl (C=O) groups excluding carboxylic acids is 1. The zero-order valence-electron chi connectivity index (χ0n) is 12.3. The summed E-state index contributed by atoms with van der Waals surface area (Å²) in [5.41, 5.74) is 7.89. The second kappa shape index (κ2) is 6.62. The highest BCUT2D eigenvalue weighted by atomic mass is 16.5. The molecule has 0 heterocycles. The number of carbonyl (C=O) groups is 1. The lowest BCUT2D eigenvalue weighted by atomic mass is 10.1. The second-order valence-electron chi connectivity index (χ2n) is 4.91. The summed E-state index contributed by atoms with van der Waals surface area (Å²) in [5, 5.41) is 6.00. The van der Waals surface area contributed by atoms with Crippen LogP contribution < -0.4 is 15.9 Å². The number of nitrogens with zero attached hydrogens (tertiary/aromatic N) is 1. The number of amides is 2. The Morgan fingerprint density at radius 3 is 2.39 bits per heavy atom. The Bertz CT molecular complexity index is 858. The zero-order chi connectivity index (χ0) is 16.1. The summed E-state index contributed by atoms with van der Waals surface area (Å²) in [5.74, 6) is 1.50. The summed E-state index contributed by atoms with van der Waals surface area (Å²) in [4.78, 5) is 10.5. The molecule has 0 aliphatic heterocycles. The number of benzene rings is 3. The second-order valence-corrected chi connectivity index (χ2v) is 4.91. The number of hydrogen-bond donors (Lipinski definition) is 2. The highest BCUT2D eigenvalue weighted by molar-refractivity contribution is 5.84. The molecule has 0 fully saturated rings. The molecule has 0 bridgehead atoms. The van der Waals surface area contributed by atoms with Crippen molar-refractivity contribution < 1.29 is 9.53 Å². The Kier molecular flexibility index (Phi) is 4.20. The molecule has 114 valence electrons. The first-order chi connectivity index (χ1) is 11.2. The molecule has 2 amide bonds. The first kappa shape index (κ1) is 14.6. The maximum atomic E-state index is 10.5. The molecule has 3 aromatic carbocycles. The minimum Gasteiger partial charge on any atom is -0.457 e. The predicted molar refractivity (Wildman–Crippen MR) is 90.8 cm³/mol. The quantitative estimate of drug-likeness (QED) is 0.570. The largest absolute Gasteiger partial charge is 0.457 e. The number of fused-ring (bicyclic) bond motifs is 1. The van der Waals surface area contributed by atoms with E-state index >= 15 is 0 Å². The molecule has 3 rings (SSSR count). The van der Waals surface area contributed by atoms with Gasteiger partial charge in [0.15, 0.2) is 0 Å². The fraction of sp³-hybridized carbons (Fsp3) is 0. The van der Waals surface area contributed by atoms with E-state index in [-0.39, 0.29) is 0 Å². The number of nitrogens with two attached hydrogens (primary N) is 1. The minimum absolute atomic E-state index is 0.697. The molecular formula is C18H15N3O2. The summed E-state index contributed by atoms with van der Waals surface area (Å²) in [6.45, 7) is 0. The van der Waals surface area contributed by atoms with Gasteiger partial charge in [0.2, 0.25) is 0 Å². The van der Waals surface area contributed by atoms with Crippen LogP contribution in [0.4, 0.5) is 4.79 Å². The number of ether oxygens (including phenoxy) is 1. The van der Waals surface area contributed by atoms with E-state index in [0.29, 0.717) is 0 Å². The van der Waals surface area contributed by atoms with Gasteiger partial charge in [0.05, 0.1) is 6.21 Å². The fourth-order valence-corrected chi connectivity index (χ4v) is 2.16. The molecule has 3 aromatic rings. The standard InChI is InChI=1S/C18H15N3O2/c19-18(22)21-20-12-13-5-8-16(9-6-13)23-17-10-7-14-3-1-2-4-15(14)11-17/h1-12H,(H3,19,21,22)/b20-12-. The predicted octanol–water partition coefficient (Wildman–Crippen LogP) is 3.63. The van der Waals surface area contributed by atoms with E-state index < -0.39 is 6.03 Å². The van der Waals surface area contributed by atoms with Gasteiger partial charge in [-0.15, -0.1) is 0 Å². The number of rotatable bonds is 4. The summed E-state index contributed by atoms with van der Waals surface area (Å²) < 4.78 is 5.85. The average molecular weight is 305 g/mol. The minimum atomic E-state index is -0.697. The molecule has 5 heteroatoms. The van der Waals surface area contributed by atoms with Crippen LogP contribution in [0.5, 0.6) is 11.5 Å². The van der Waals surface area contributed by atoms with Crippen molar-refractivity contribution >= 4 is 23.0 Å². The smallest absolute Gasteiger partial charge is 0.332 e. The van der Waals surface area contributed by atoms with Crippen molar-refractivity contribution in [3.05, 3.63) is 72.3 Å². The van der Waals surface area contributed by atoms with Crippen molar-refractivity contribution in [2.45, 2.75) is 0 Å². The van der Waals surface area contributed by atoms with Crippen molar-refractivity contribution in [3.63, 3.8) is 0 Å². The molecule has 0 radical (unpaired) electrons. The highest BCUT2D eigenvalue weighted by Gasteiger charge is 1.99. The lowest BCUT2D eigenvalue weighted by Crippen LogP contribution is -2.24. The monoisotopic (exact) mass is 305 g/mol. The number of hydrazone groups is 1. The van der Waals surface area contributed by atoms with Gasteiger partial charge >= 0.3 is 6.03 Å². The van der Waals surface area contributed by atoms with Crippen LogP contribution >= 0.6 is 0 Å². The number of hydrogen-bond acceptors (Lipinski definition) is 3. The number of nitrogens with one attached hydrogen (secondary N) is 1. The molecule has 0 aromatic heterocycles. The average Bonchev–Trinajstić information content (AvgIpc) is 2.56. The lowest BCUT2D eigenvalue weighted by Gasteiger charge is -2.07. The van der Waals surface area contributed by atoms with Crippen molar-refractivity contribution in [3.8, 4) is 11.5 Å². The number of urea groups is 1. The van der Waals surface area contributed by atoms with Crippen LogP contribution in [-0.2, 0) is 0 Å². The van der Waals surface area contributed by atoms with Crippen LogP contribution in [0.2, 0.25) is 0 Å². The molecule has 0 atom stereocenters. The van der Waals surface area contributed by atoms with Gasteiger partial charge in [-0.1, -0.05) is 30.3 Å². The van der Waals surface area contributed by atoms with Crippen LogP contribution in [0, 0.1) is 0 Å². The van der Waals surface area contributed by atoms with Gasteiger partial charge in [-0.3, -0.25) is 0 Å². The Hall–Kier alpha value is -3.34. The van der Waals surface area contributed by atoms with Gasteiger partial charge in [0.25, 0.3) is 0 Å². The molecule has 0 spiro atoms. The van der Waals surface area contributed by atoms with Crippen LogP contribution in [-0.4, -0.2) is 12.2 Å². The van der Waals surface area contributed by atoms with Crippen molar-refractivity contribution in [2.75, 3.05) is 0 Å². The molecular weight excluding hydrogens is 290 g/mol. The Morgan fingerprint density at radius 1 is 0.957 bits per heavy atom. The molecule has 0 unspecified atom stereocenters. The van der Waals surface area contributed by atoms with Crippen LogP contribution in [0.15, 0.2) is 71.8 Å². The third kappa shape index (κ3) is 3.85. The highest BCUT2D eigenvalue weighted by Crippen LogP contribution is 2.25. The fourth-order valence-electron chi connectivity index (χ4n) is 2.16. The van der Waals surface area contributed by atoms with Crippen molar-refractivity contribution in [2.24, 2.45) is 10.8 Å². The molecule has 0 saturated heterocycles. The third-order valence-corrected chi connectivity index (χ3v) is 3.23. The normalized spacial score (nSPS) is 10.8. The molecule has 0 aliphatic carbocycles. The lowest BCUT2D eigenvalue weighted by molar-refractivity contribution is 0.249. The summed E-state index contributed by atoms with van der Waals surface area (Å²) >= 11 is 0. The molecule has 0 aliphatic rings. The van der Waals surface area contributed by atoms with Gasteiger partial charge in [-0.05, 0) is 52.7 Å². The van der Waals surface area contributed by atoms with E-state index in [4.69, 9.17) is 10.5 Å². The van der Waals surface area contributed by atoms with Crippen LogP contribution in [0.3, 0.4) is 0 Å². The van der Waals surface area contributed by atoms with Gasteiger partial charge in [0.1, 0.15) is 11.5 Å². The number of primary amides is 1. The van der Waals surface area contributed by atoms with E-state index in [0.717, 1.165) is 22.4 Å². The van der Waals surface area contributed by atoms with Gasteiger partial charge in [-0.25, -0.2) is 10.2 Å². The molecule has 23 heavy (non-hydrogen) atoms. The molecule has 3 N–H and O–H groups in total. The Labute approximate surface area is 133 Å². The summed E-state index contributed by atoms with van der Waals surface area (Å²) in [7, 11) is 0. The van der Waals surface area contributed by atoms with Gasteiger partial charge < -0.3 is 10.5 Å². The van der Waals surface area contributed by atoms with Gasteiger partial charge in [-0.2, -0.15) is 5.10 Å². The van der Waals surface area contributed by atoms with E-state index in [1.165, 1.54) is 11.6 Å². The third-order valence-electron chi connectivity index (χ3n) is 3.23. The van der Waals surface area contributed by atoms with E-state index in [1.54, 1.807) is 0 Å². The Balaban J connectivity index is 1.71. The Morgan fingerprint density at radius 2 is 1.65 bits per heavy atom. The van der Waals surface area contributed by atoms with Crippen molar-refractivity contribution in [1.82, 2.24) is 5.43 Å². The first-order valence-electron chi connectivity index (χ1n) is 7.06. The maximum absolute atomic E-state index is 10.5. The van der Waals surface area contributed by atoms with E-state index in [1.807, 2.05) is 60.7 Å². The first-order valence-corrected chi connectivity index (χ1v) is 7.06. The van der Waals surface area contributed by atoms with E-state index in [2.05, 4.69) is 16.6 Å². The van der Waals surface area contributed by atoms with Crippen molar-refractivity contribution in [1.29, 1.82) is 0 Å². The molecule has 0 saturated carbocycles. The topological polar surface area (TPSA) is 76.7 Å².